The van der Waals surface area contributed by atoms with Crippen molar-refractivity contribution < 1.29 is 9.53 Å². The highest BCUT2D eigenvalue weighted by atomic mass is 16.5. The Kier molecular flexibility index (Phi) is 7.02. The maximum atomic E-state index is 10.7. The van der Waals surface area contributed by atoms with Crippen LogP contribution in [0.4, 0.5) is 0 Å². The lowest BCUT2D eigenvalue weighted by Crippen LogP contribution is -2.06. The quantitative estimate of drug-likeness (QED) is 0.428. The number of hydrogen-bond donors (Lipinski definition) is 1. The summed E-state index contributed by atoms with van der Waals surface area (Å²) in [5, 5.41) is 1.12. The summed E-state index contributed by atoms with van der Waals surface area (Å²) in [6.07, 6.45) is 9.60. The average molecular weight is 324 g/mol. The molecule has 0 spiro atoms. The molecule has 0 bridgehead atoms. The van der Waals surface area contributed by atoms with E-state index in [1.807, 2.05) is 49.4 Å². The van der Waals surface area contributed by atoms with Gasteiger partial charge in [0.1, 0.15) is 0 Å². The number of ether oxygens (including phenoxy) is 1. The molecule has 0 fully saturated rings. The zero-order valence-corrected chi connectivity index (χ0v) is 14.1. The number of nitrogens with two attached hydrogens (primary N) is 1. The monoisotopic (exact) mass is 324 g/mol. The topological polar surface area (TPSA) is 65.2 Å². The maximum Gasteiger partial charge on any atom is 0.241 e. The standard InChI is InChI=1S/C20H24N2O2/c1-16(15-19(21)23)9-5-3-2-4-8-14-24-20-13-12-17-10-6-7-11-18(17)22-20/h5-7,9-13,15H,2-4,8,14H2,1H3,(H2,21,23). The fourth-order valence-corrected chi connectivity index (χ4v) is 2.39. The summed E-state index contributed by atoms with van der Waals surface area (Å²) in [7, 11) is 0. The van der Waals surface area contributed by atoms with Crippen LogP contribution in [0.15, 0.2) is 60.2 Å². The number of para-hydroxylation sites is 1. The van der Waals surface area contributed by atoms with Crippen LogP contribution in [-0.4, -0.2) is 17.5 Å². The van der Waals surface area contributed by atoms with Crippen molar-refractivity contribution in [2.75, 3.05) is 6.61 Å². The van der Waals surface area contributed by atoms with Crippen LogP contribution in [0.3, 0.4) is 0 Å². The molecule has 4 heteroatoms. The van der Waals surface area contributed by atoms with Crippen molar-refractivity contribution >= 4 is 16.8 Å². The molecule has 0 aliphatic carbocycles. The number of carbonyl (C=O) groups is 1. The zero-order valence-electron chi connectivity index (χ0n) is 14.1. The molecule has 0 atom stereocenters. The first-order valence-electron chi connectivity index (χ1n) is 8.28. The Bertz CT molecular complexity index is 735. The molecule has 0 saturated heterocycles. The predicted octanol–water partition coefficient (Wildman–Crippen LogP) is 4.16. The SMILES string of the molecule is CC(C=CCCCCCOc1ccc2ccccc2n1)=CC(N)=O. The van der Waals surface area contributed by atoms with Crippen molar-refractivity contribution in [3.63, 3.8) is 0 Å². The summed E-state index contributed by atoms with van der Waals surface area (Å²) >= 11 is 0. The second kappa shape index (κ2) is 9.50. The number of fused-ring (bicyclic) bond motifs is 1. The van der Waals surface area contributed by atoms with E-state index in [0.717, 1.165) is 42.2 Å². The van der Waals surface area contributed by atoms with Crippen LogP contribution >= 0.6 is 0 Å². The molecule has 0 radical (unpaired) electrons. The number of amides is 1. The molecule has 4 nitrogen and oxygen atoms in total. The van der Waals surface area contributed by atoms with Gasteiger partial charge in [-0.1, -0.05) is 30.4 Å². The Balaban J connectivity index is 1.62. The van der Waals surface area contributed by atoms with Crippen LogP contribution in [0, 0.1) is 0 Å². The van der Waals surface area contributed by atoms with E-state index < -0.39 is 5.91 Å². The second-order valence-corrected chi connectivity index (χ2v) is 5.73. The number of nitrogens with zero attached hydrogens (tertiary/aromatic N) is 1. The molecule has 0 unspecified atom stereocenters. The van der Waals surface area contributed by atoms with E-state index in [4.69, 9.17) is 10.5 Å². The summed E-state index contributed by atoms with van der Waals surface area (Å²) < 4.78 is 5.71. The minimum atomic E-state index is -0.406. The number of pyridine rings is 1. The van der Waals surface area contributed by atoms with E-state index in [0.29, 0.717) is 12.5 Å². The van der Waals surface area contributed by atoms with Crippen LogP contribution in [0.2, 0.25) is 0 Å². The lowest BCUT2D eigenvalue weighted by Gasteiger charge is -2.06. The average Bonchev–Trinajstić information content (AvgIpc) is 2.56. The number of primary amides is 1. The molecular formula is C20H24N2O2. The molecule has 1 heterocycles. The van der Waals surface area contributed by atoms with Gasteiger partial charge in [-0.05, 0) is 50.3 Å². The second-order valence-electron chi connectivity index (χ2n) is 5.73. The van der Waals surface area contributed by atoms with E-state index in [2.05, 4.69) is 11.1 Å². The summed E-state index contributed by atoms with van der Waals surface area (Å²) in [4.78, 5) is 15.2. The molecule has 1 amide bonds. The maximum absolute atomic E-state index is 10.7. The van der Waals surface area contributed by atoms with E-state index in [1.165, 1.54) is 6.08 Å². The highest BCUT2D eigenvalue weighted by Crippen LogP contribution is 2.16. The highest BCUT2D eigenvalue weighted by molar-refractivity contribution is 5.86. The van der Waals surface area contributed by atoms with Gasteiger partial charge < -0.3 is 10.5 Å². The zero-order chi connectivity index (χ0) is 17.2. The van der Waals surface area contributed by atoms with Gasteiger partial charge in [0.2, 0.25) is 11.8 Å². The minimum absolute atomic E-state index is 0.406. The summed E-state index contributed by atoms with van der Waals surface area (Å²) in [6.45, 7) is 2.54. The number of aromatic nitrogens is 1. The largest absolute Gasteiger partial charge is 0.478 e. The van der Waals surface area contributed by atoms with Gasteiger partial charge in [-0.15, -0.1) is 0 Å². The van der Waals surface area contributed by atoms with Crippen LogP contribution in [0.5, 0.6) is 5.88 Å². The first kappa shape index (κ1) is 17.7. The first-order valence-corrected chi connectivity index (χ1v) is 8.28. The van der Waals surface area contributed by atoms with Crippen LogP contribution < -0.4 is 10.5 Å². The summed E-state index contributed by atoms with van der Waals surface area (Å²) in [5.41, 5.74) is 6.93. The smallest absolute Gasteiger partial charge is 0.241 e. The number of hydrogen-bond acceptors (Lipinski definition) is 3. The fourth-order valence-electron chi connectivity index (χ4n) is 2.39. The van der Waals surface area contributed by atoms with E-state index in [-0.39, 0.29) is 0 Å². The van der Waals surface area contributed by atoms with Crippen molar-refractivity contribution in [2.45, 2.75) is 32.6 Å². The summed E-state index contributed by atoms with van der Waals surface area (Å²) in [6, 6.07) is 12.0. The number of unbranched alkanes of at least 4 members (excludes halogenated alkanes) is 3. The normalized spacial score (nSPS) is 12.0. The number of carbonyl (C=O) groups excluding carboxylic acids is 1. The molecule has 0 aliphatic rings. The van der Waals surface area contributed by atoms with Gasteiger partial charge in [0.25, 0.3) is 0 Å². The predicted molar refractivity (Wildman–Crippen MR) is 97.8 cm³/mol. The number of rotatable bonds is 9. The van der Waals surface area contributed by atoms with Crippen molar-refractivity contribution in [1.82, 2.24) is 4.98 Å². The molecule has 2 N–H and O–H groups in total. The Morgan fingerprint density at radius 3 is 2.83 bits per heavy atom. The van der Waals surface area contributed by atoms with E-state index >= 15 is 0 Å². The molecule has 0 aliphatic heterocycles. The number of benzene rings is 1. The molecule has 126 valence electrons. The Hall–Kier alpha value is -2.62. The molecule has 24 heavy (non-hydrogen) atoms. The van der Waals surface area contributed by atoms with Gasteiger partial charge in [0, 0.05) is 17.5 Å². The molecule has 1 aromatic heterocycles. The van der Waals surface area contributed by atoms with Crippen LogP contribution in [0.25, 0.3) is 10.9 Å². The third kappa shape index (κ3) is 6.24. The summed E-state index contributed by atoms with van der Waals surface area (Å²) in [5.74, 6) is 0.275. The minimum Gasteiger partial charge on any atom is -0.478 e. The van der Waals surface area contributed by atoms with Crippen molar-refractivity contribution in [3.8, 4) is 5.88 Å². The third-order valence-electron chi connectivity index (χ3n) is 3.59. The van der Waals surface area contributed by atoms with Gasteiger partial charge in [0.15, 0.2) is 0 Å². The Morgan fingerprint density at radius 2 is 2.00 bits per heavy atom. The molecule has 1 aromatic carbocycles. The lowest BCUT2D eigenvalue weighted by molar-refractivity contribution is -0.113. The van der Waals surface area contributed by atoms with E-state index in [9.17, 15) is 4.79 Å². The van der Waals surface area contributed by atoms with Crippen molar-refractivity contribution in [1.29, 1.82) is 0 Å². The highest BCUT2D eigenvalue weighted by Gasteiger charge is 1.98. The Labute approximate surface area is 143 Å². The van der Waals surface area contributed by atoms with Gasteiger partial charge in [-0.2, -0.15) is 0 Å². The lowest BCUT2D eigenvalue weighted by atomic mass is 10.1. The van der Waals surface area contributed by atoms with Gasteiger partial charge in [-0.25, -0.2) is 4.98 Å². The molecule has 2 rings (SSSR count). The molecule has 2 aromatic rings. The first-order chi connectivity index (χ1) is 11.6. The van der Waals surface area contributed by atoms with Gasteiger partial charge in [-0.3, -0.25) is 4.79 Å². The Morgan fingerprint density at radius 1 is 1.17 bits per heavy atom. The van der Waals surface area contributed by atoms with E-state index in [1.54, 1.807) is 0 Å². The number of allylic oxidation sites excluding steroid dienone is 3. The van der Waals surface area contributed by atoms with Crippen LogP contribution in [0.1, 0.15) is 32.6 Å². The van der Waals surface area contributed by atoms with Crippen LogP contribution in [-0.2, 0) is 4.79 Å². The fraction of sp³-hybridized carbons (Fsp3) is 0.300. The van der Waals surface area contributed by atoms with Crippen molar-refractivity contribution in [3.05, 3.63) is 60.2 Å². The van der Waals surface area contributed by atoms with Gasteiger partial charge in [0.05, 0.1) is 12.1 Å². The third-order valence-corrected chi connectivity index (χ3v) is 3.59. The van der Waals surface area contributed by atoms with Crippen molar-refractivity contribution in [2.24, 2.45) is 5.73 Å². The molecule has 0 saturated carbocycles. The van der Waals surface area contributed by atoms with Gasteiger partial charge >= 0.3 is 0 Å². The molecular weight excluding hydrogens is 300 g/mol.